The Balaban J connectivity index is 1.71. The number of carbonyl (C=O) groups is 2. The monoisotopic (exact) mass is 337 g/mol. The first-order valence-electron chi connectivity index (χ1n) is 8.23. The summed E-state index contributed by atoms with van der Waals surface area (Å²) in [5.74, 6) is -0.612. The van der Waals surface area contributed by atoms with Gasteiger partial charge in [0.2, 0.25) is 11.8 Å². The van der Waals surface area contributed by atoms with E-state index in [2.05, 4.69) is 5.32 Å². The Morgan fingerprint density at radius 3 is 2.54 bits per heavy atom. The van der Waals surface area contributed by atoms with Crippen LogP contribution in [-0.2, 0) is 14.3 Å². The lowest BCUT2D eigenvalue weighted by Crippen LogP contribution is -2.50. The van der Waals surface area contributed by atoms with Gasteiger partial charge in [0.1, 0.15) is 19.0 Å². The van der Waals surface area contributed by atoms with E-state index in [1.54, 1.807) is 23.1 Å². The summed E-state index contributed by atoms with van der Waals surface area (Å²) in [6.07, 6.45) is 0.858. The average Bonchev–Trinajstić information content (AvgIpc) is 2.60. The van der Waals surface area contributed by atoms with Gasteiger partial charge in [0.25, 0.3) is 0 Å². The molecule has 0 aliphatic carbocycles. The molecule has 2 amide bonds. The second-order valence-electron chi connectivity index (χ2n) is 5.66. The molecule has 7 heteroatoms. The normalized spacial score (nSPS) is 14.6. The molecule has 0 atom stereocenters. The summed E-state index contributed by atoms with van der Waals surface area (Å²) < 4.78 is 18.9. The Morgan fingerprint density at radius 1 is 1.17 bits per heavy atom. The van der Waals surface area contributed by atoms with Crippen molar-refractivity contribution in [1.82, 2.24) is 10.2 Å². The molecule has 0 radical (unpaired) electrons. The standard InChI is InChI=1S/C17H24FN3O3/c1-2-7-19-16(22)12-24-13-17(23)21-10-8-20(9-11-21)15-6-4-3-5-14(15)18/h3-6H,2,7-13H2,1H3,(H,19,22). The van der Waals surface area contributed by atoms with Gasteiger partial charge in [-0.2, -0.15) is 0 Å². The van der Waals surface area contributed by atoms with E-state index < -0.39 is 0 Å². The number of ether oxygens (including phenoxy) is 1. The lowest BCUT2D eigenvalue weighted by molar-refractivity contribution is -0.138. The second-order valence-corrected chi connectivity index (χ2v) is 5.66. The van der Waals surface area contributed by atoms with Gasteiger partial charge in [-0.25, -0.2) is 4.39 Å². The SMILES string of the molecule is CCCNC(=O)COCC(=O)N1CCN(c2ccccc2F)CC1. The molecule has 1 heterocycles. The van der Waals surface area contributed by atoms with Crippen LogP contribution in [0.4, 0.5) is 10.1 Å². The molecule has 0 spiro atoms. The third-order valence-corrected chi connectivity index (χ3v) is 3.86. The maximum Gasteiger partial charge on any atom is 0.248 e. The summed E-state index contributed by atoms with van der Waals surface area (Å²) in [4.78, 5) is 27.1. The molecule has 1 aromatic carbocycles. The minimum Gasteiger partial charge on any atom is -0.366 e. The number of nitrogens with zero attached hydrogens (tertiary/aromatic N) is 2. The number of hydrogen-bond donors (Lipinski definition) is 1. The number of rotatable bonds is 7. The summed E-state index contributed by atoms with van der Waals surface area (Å²) >= 11 is 0. The lowest BCUT2D eigenvalue weighted by atomic mass is 10.2. The van der Waals surface area contributed by atoms with Crippen molar-refractivity contribution in [3.8, 4) is 0 Å². The van der Waals surface area contributed by atoms with Crippen molar-refractivity contribution < 1.29 is 18.7 Å². The van der Waals surface area contributed by atoms with Gasteiger partial charge in [-0.15, -0.1) is 0 Å². The summed E-state index contributed by atoms with van der Waals surface area (Å²) in [6, 6.07) is 6.63. The number of para-hydroxylation sites is 1. The molecule has 0 unspecified atom stereocenters. The quantitative estimate of drug-likeness (QED) is 0.807. The number of anilines is 1. The predicted octanol–water partition coefficient (Wildman–Crippen LogP) is 1.02. The van der Waals surface area contributed by atoms with Crippen LogP contribution in [0.25, 0.3) is 0 Å². The van der Waals surface area contributed by atoms with E-state index in [1.807, 2.05) is 11.8 Å². The summed E-state index contributed by atoms with van der Waals surface area (Å²) in [6.45, 7) is 4.52. The number of halogens is 1. The first-order chi connectivity index (χ1) is 11.6. The Kier molecular flexibility index (Phi) is 6.99. The molecule has 2 rings (SSSR count). The number of nitrogens with one attached hydrogen (secondary N) is 1. The van der Waals surface area contributed by atoms with Gasteiger partial charge in [0.05, 0.1) is 5.69 Å². The van der Waals surface area contributed by atoms with Crippen LogP contribution in [0.15, 0.2) is 24.3 Å². The van der Waals surface area contributed by atoms with Crippen molar-refractivity contribution in [3.05, 3.63) is 30.1 Å². The third kappa shape index (κ3) is 5.19. The van der Waals surface area contributed by atoms with Gasteiger partial charge in [0, 0.05) is 32.7 Å². The minimum absolute atomic E-state index is 0.110. The zero-order chi connectivity index (χ0) is 17.4. The van der Waals surface area contributed by atoms with Crippen LogP contribution in [0.1, 0.15) is 13.3 Å². The average molecular weight is 337 g/mol. The zero-order valence-electron chi connectivity index (χ0n) is 14.0. The zero-order valence-corrected chi connectivity index (χ0v) is 14.0. The van der Waals surface area contributed by atoms with Gasteiger partial charge < -0.3 is 19.9 Å². The van der Waals surface area contributed by atoms with Crippen LogP contribution >= 0.6 is 0 Å². The van der Waals surface area contributed by atoms with E-state index in [9.17, 15) is 14.0 Å². The van der Waals surface area contributed by atoms with Gasteiger partial charge >= 0.3 is 0 Å². The van der Waals surface area contributed by atoms with Crippen molar-refractivity contribution in [2.24, 2.45) is 0 Å². The molecular formula is C17H24FN3O3. The fourth-order valence-corrected chi connectivity index (χ4v) is 2.54. The molecule has 1 N–H and O–H groups in total. The van der Waals surface area contributed by atoms with Crippen molar-refractivity contribution in [2.45, 2.75) is 13.3 Å². The largest absolute Gasteiger partial charge is 0.366 e. The fraction of sp³-hybridized carbons (Fsp3) is 0.529. The Labute approximate surface area is 141 Å². The summed E-state index contributed by atoms with van der Waals surface area (Å²) in [5, 5.41) is 2.68. The number of amides is 2. The molecule has 0 aromatic heterocycles. The molecule has 1 aliphatic heterocycles. The van der Waals surface area contributed by atoms with Crippen LogP contribution < -0.4 is 10.2 Å². The molecule has 1 aromatic rings. The van der Waals surface area contributed by atoms with Crippen molar-refractivity contribution in [1.29, 1.82) is 0 Å². The molecule has 1 saturated heterocycles. The third-order valence-electron chi connectivity index (χ3n) is 3.86. The van der Waals surface area contributed by atoms with Crippen LogP contribution in [0.3, 0.4) is 0 Å². The topological polar surface area (TPSA) is 61.9 Å². The maximum atomic E-state index is 13.8. The molecule has 1 aliphatic rings. The highest BCUT2D eigenvalue weighted by Crippen LogP contribution is 2.20. The van der Waals surface area contributed by atoms with Crippen molar-refractivity contribution in [3.63, 3.8) is 0 Å². The van der Waals surface area contributed by atoms with Gasteiger partial charge in [-0.1, -0.05) is 19.1 Å². The molecule has 0 bridgehead atoms. The summed E-state index contributed by atoms with van der Waals surface area (Å²) in [5.41, 5.74) is 0.563. The van der Waals surface area contributed by atoms with Gasteiger partial charge in [-0.3, -0.25) is 9.59 Å². The van der Waals surface area contributed by atoms with Crippen LogP contribution in [0.5, 0.6) is 0 Å². The summed E-state index contributed by atoms with van der Waals surface area (Å²) in [7, 11) is 0. The lowest BCUT2D eigenvalue weighted by Gasteiger charge is -2.36. The van der Waals surface area contributed by atoms with E-state index in [0.717, 1.165) is 6.42 Å². The van der Waals surface area contributed by atoms with Crippen LogP contribution in [0.2, 0.25) is 0 Å². The Bertz CT molecular complexity index is 560. The second kappa shape index (κ2) is 9.22. The van der Waals surface area contributed by atoms with Gasteiger partial charge in [-0.05, 0) is 18.6 Å². The maximum absolute atomic E-state index is 13.8. The first-order valence-corrected chi connectivity index (χ1v) is 8.23. The van der Waals surface area contributed by atoms with E-state index in [4.69, 9.17) is 4.74 Å². The van der Waals surface area contributed by atoms with Gasteiger partial charge in [0.15, 0.2) is 0 Å². The number of benzene rings is 1. The van der Waals surface area contributed by atoms with E-state index in [0.29, 0.717) is 38.4 Å². The number of hydrogen-bond acceptors (Lipinski definition) is 4. The van der Waals surface area contributed by atoms with Crippen LogP contribution in [-0.4, -0.2) is 62.7 Å². The van der Waals surface area contributed by atoms with E-state index in [1.165, 1.54) is 6.07 Å². The molecule has 24 heavy (non-hydrogen) atoms. The van der Waals surface area contributed by atoms with Crippen molar-refractivity contribution in [2.75, 3.05) is 50.8 Å². The van der Waals surface area contributed by atoms with E-state index in [-0.39, 0.29) is 30.8 Å². The Morgan fingerprint density at radius 2 is 1.88 bits per heavy atom. The predicted molar refractivity (Wildman–Crippen MR) is 89.3 cm³/mol. The molecule has 1 fully saturated rings. The molecule has 0 saturated carbocycles. The van der Waals surface area contributed by atoms with Crippen molar-refractivity contribution >= 4 is 17.5 Å². The van der Waals surface area contributed by atoms with Crippen LogP contribution in [0, 0.1) is 5.82 Å². The first kappa shape index (κ1) is 18.2. The fourth-order valence-electron chi connectivity index (χ4n) is 2.54. The Hall–Kier alpha value is -2.15. The number of carbonyl (C=O) groups excluding carboxylic acids is 2. The molecular weight excluding hydrogens is 313 g/mol. The number of piperazine rings is 1. The smallest absolute Gasteiger partial charge is 0.248 e. The highest BCUT2D eigenvalue weighted by Gasteiger charge is 2.22. The molecule has 6 nitrogen and oxygen atoms in total. The molecule has 132 valence electrons. The minimum atomic E-state index is -0.251. The highest BCUT2D eigenvalue weighted by molar-refractivity contribution is 5.79. The van der Waals surface area contributed by atoms with E-state index >= 15 is 0 Å². The highest BCUT2D eigenvalue weighted by atomic mass is 19.1.